The van der Waals surface area contributed by atoms with Crippen LogP contribution in [0.5, 0.6) is 0 Å². The second kappa shape index (κ2) is 8.35. The van der Waals surface area contributed by atoms with Crippen LogP contribution in [0.25, 0.3) is 0 Å². The molecule has 0 atom stereocenters. The number of rotatable bonds is 7. The van der Waals surface area contributed by atoms with Gasteiger partial charge in [-0.15, -0.1) is 13.2 Å². The smallest absolute Gasteiger partial charge is 0.317 e. The lowest BCUT2D eigenvalue weighted by Crippen LogP contribution is -2.40. The molecule has 0 heterocycles. The summed E-state index contributed by atoms with van der Waals surface area (Å²) < 4.78 is 0. The summed E-state index contributed by atoms with van der Waals surface area (Å²) in [7, 11) is 0. The predicted octanol–water partition coefficient (Wildman–Crippen LogP) is 2.17. The van der Waals surface area contributed by atoms with E-state index in [9.17, 15) is 4.79 Å². The van der Waals surface area contributed by atoms with Gasteiger partial charge in [0.1, 0.15) is 0 Å². The number of nitrogens with one attached hydrogen (secondary N) is 1. The number of unbranched alkanes of at least 4 members (excludes halogenated alkanes) is 1. The van der Waals surface area contributed by atoms with Gasteiger partial charge in [-0.1, -0.05) is 25.5 Å². The third-order valence-corrected chi connectivity index (χ3v) is 1.79. The number of carbonyl (C=O) groups excluding carboxylic acids is 1. The number of hydrogen-bond acceptors (Lipinski definition) is 1. The monoisotopic (exact) mass is 196 g/mol. The highest BCUT2D eigenvalue weighted by Crippen LogP contribution is 1.91. The first-order chi connectivity index (χ1) is 6.76. The maximum Gasteiger partial charge on any atom is 0.317 e. The van der Waals surface area contributed by atoms with E-state index in [-0.39, 0.29) is 6.03 Å². The van der Waals surface area contributed by atoms with E-state index < -0.39 is 0 Å². The molecule has 0 rings (SSSR count). The van der Waals surface area contributed by atoms with E-state index in [4.69, 9.17) is 0 Å². The van der Waals surface area contributed by atoms with E-state index in [1.54, 1.807) is 17.1 Å². The molecule has 0 aromatic rings. The fraction of sp³-hybridized carbons (Fsp3) is 0.545. The fourth-order valence-electron chi connectivity index (χ4n) is 1.04. The molecule has 0 aliphatic carbocycles. The largest absolute Gasteiger partial charge is 0.338 e. The number of carbonyl (C=O) groups is 1. The van der Waals surface area contributed by atoms with Gasteiger partial charge in [0.15, 0.2) is 0 Å². The topological polar surface area (TPSA) is 32.3 Å². The molecule has 0 aliphatic heterocycles. The van der Waals surface area contributed by atoms with Crippen LogP contribution in [0, 0.1) is 0 Å². The van der Waals surface area contributed by atoms with Crippen LogP contribution >= 0.6 is 0 Å². The number of hydrogen-bond donors (Lipinski definition) is 1. The van der Waals surface area contributed by atoms with Crippen molar-refractivity contribution in [1.29, 1.82) is 0 Å². The Morgan fingerprint density at radius 1 is 1.36 bits per heavy atom. The summed E-state index contributed by atoms with van der Waals surface area (Å²) in [5, 5.41) is 2.84. The minimum Gasteiger partial charge on any atom is -0.338 e. The predicted molar refractivity (Wildman–Crippen MR) is 60.3 cm³/mol. The van der Waals surface area contributed by atoms with E-state index in [1.807, 2.05) is 0 Å². The summed E-state index contributed by atoms with van der Waals surface area (Å²) in [5.74, 6) is 0. The molecule has 0 saturated carbocycles. The van der Waals surface area contributed by atoms with Crippen LogP contribution in [0.4, 0.5) is 4.79 Å². The molecule has 3 nitrogen and oxygen atoms in total. The minimum atomic E-state index is -0.0433. The Balaban J connectivity index is 3.87. The average Bonchev–Trinajstić information content (AvgIpc) is 2.18. The van der Waals surface area contributed by atoms with Crippen LogP contribution in [-0.4, -0.2) is 30.6 Å². The van der Waals surface area contributed by atoms with Crippen LogP contribution < -0.4 is 5.32 Å². The van der Waals surface area contributed by atoms with Crippen LogP contribution in [0.2, 0.25) is 0 Å². The highest BCUT2D eigenvalue weighted by Gasteiger charge is 2.08. The Hall–Kier alpha value is -1.25. The zero-order chi connectivity index (χ0) is 10.8. The highest BCUT2D eigenvalue weighted by molar-refractivity contribution is 5.74. The van der Waals surface area contributed by atoms with E-state index in [0.29, 0.717) is 13.1 Å². The lowest BCUT2D eigenvalue weighted by atomic mass is 10.3. The quantitative estimate of drug-likeness (QED) is 0.491. The van der Waals surface area contributed by atoms with Crippen molar-refractivity contribution in [3.63, 3.8) is 0 Å². The molecule has 0 aromatic carbocycles. The maximum absolute atomic E-state index is 11.5. The molecule has 0 spiro atoms. The van der Waals surface area contributed by atoms with Crippen LogP contribution in [0.15, 0.2) is 25.3 Å². The van der Waals surface area contributed by atoms with E-state index in [1.165, 1.54) is 0 Å². The van der Waals surface area contributed by atoms with Crippen LogP contribution in [-0.2, 0) is 0 Å². The third-order valence-electron chi connectivity index (χ3n) is 1.79. The molecular formula is C11H20N2O. The standard InChI is InChI=1S/C11H20N2O/c1-4-7-8-12-11(14)13(9-5-2)10-6-3/h5-6H,2-4,7-10H2,1H3,(H,12,14). The van der Waals surface area contributed by atoms with Gasteiger partial charge in [-0.3, -0.25) is 0 Å². The van der Waals surface area contributed by atoms with Gasteiger partial charge in [-0.25, -0.2) is 4.79 Å². The molecule has 0 saturated heterocycles. The molecular weight excluding hydrogens is 176 g/mol. The molecule has 0 aromatic heterocycles. The SMILES string of the molecule is C=CCN(CC=C)C(=O)NCCCC. The summed E-state index contributed by atoms with van der Waals surface area (Å²) in [6.45, 7) is 11.2. The van der Waals surface area contributed by atoms with Crippen molar-refractivity contribution in [3.8, 4) is 0 Å². The van der Waals surface area contributed by atoms with Gasteiger partial charge in [-0.05, 0) is 6.42 Å². The number of urea groups is 1. The Bertz CT molecular complexity index is 180. The van der Waals surface area contributed by atoms with Gasteiger partial charge in [0.2, 0.25) is 0 Å². The zero-order valence-electron chi connectivity index (χ0n) is 8.96. The molecule has 0 fully saturated rings. The summed E-state index contributed by atoms with van der Waals surface area (Å²) in [5.41, 5.74) is 0. The average molecular weight is 196 g/mol. The first kappa shape index (κ1) is 12.8. The number of nitrogens with zero attached hydrogens (tertiary/aromatic N) is 1. The molecule has 0 aliphatic rings. The van der Waals surface area contributed by atoms with Crippen molar-refractivity contribution < 1.29 is 4.79 Å². The van der Waals surface area contributed by atoms with Crippen molar-refractivity contribution in [2.45, 2.75) is 19.8 Å². The maximum atomic E-state index is 11.5. The lowest BCUT2D eigenvalue weighted by molar-refractivity contribution is 0.208. The molecule has 2 amide bonds. The molecule has 80 valence electrons. The Morgan fingerprint density at radius 2 is 1.93 bits per heavy atom. The van der Waals surface area contributed by atoms with Gasteiger partial charge >= 0.3 is 6.03 Å². The van der Waals surface area contributed by atoms with E-state index in [0.717, 1.165) is 19.4 Å². The van der Waals surface area contributed by atoms with Gasteiger partial charge in [0.05, 0.1) is 0 Å². The van der Waals surface area contributed by atoms with Crippen molar-refractivity contribution in [2.75, 3.05) is 19.6 Å². The van der Waals surface area contributed by atoms with E-state index in [2.05, 4.69) is 25.4 Å². The second-order valence-corrected chi connectivity index (χ2v) is 3.07. The molecule has 1 N–H and O–H groups in total. The normalized spacial score (nSPS) is 9.21. The summed E-state index contributed by atoms with van der Waals surface area (Å²) in [6, 6.07) is -0.0433. The molecule has 0 unspecified atom stereocenters. The minimum absolute atomic E-state index is 0.0433. The van der Waals surface area contributed by atoms with Crippen molar-refractivity contribution >= 4 is 6.03 Å². The summed E-state index contributed by atoms with van der Waals surface area (Å²) in [4.78, 5) is 13.2. The summed E-state index contributed by atoms with van der Waals surface area (Å²) >= 11 is 0. The lowest BCUT2D eigenvalue weighted by Gasteiger charge is -2.19. The Labute approximate surface area is 86.5 Å². The van der Waals surface area contributed by atoms with Crippen molar-refractivity contribution in [3.05, 3.63) is 25.3 Å². The van der Waals surface area contributed by atoms with Crippen LogP contribution in [0.3, 0.4) is 0 Å². The van der Waals surface area contributed by atoms with Gasteiger partial charge in [0.25, 0.3) is 0 Å². The zero-order valence-corrected chi connectivity index (χ0v) is 8.96. The van der Waals surface area contributed by atoms with Gasteiger partial charge in [0, 0.05) is 19.6 Å². The Kier molecular flexibility index (Phi) is 7.61. The molecule has 14 heavy (non-hydrogen) atoms. The fourth-order valence-corrected chi connectivity index (χ4v) is 1.04. The molecule has 3 heteroatoms. The van der Waals surface area contributed by atoms with Crippen molar-refractivity contribution in [2.24, 2.45) is 0 Å². The van der Waals surface area contributed by atoms with Crippen molar-refractivity contribution in [1.82, 2.24) is 10.2 Å². The molecule has 0 radical (unpaired) electrons. The Morgan fingerprint density at radius 3 is 2.36 bits per heavy atom. The van der Waals surface area contributed by atoms with Crippen LogP contribution in [0.1, 0.15) is 19.8 Å². The second-order valence-electron chi connectivity index (χ2n) is 3.07. The summed E-state index contributed by atoms with van der Waals surface area (Å²) in [6.07, 6.45) is 5.52. The van der Waals surface area contributed by atoms with E-state index >= 15 is 0 Å². The molecule has 0 bridgehead atoms. The van der Waals surface area contributed by atoms with Gasteiger partial charge < -0.3 is 10.2 Å². The number of amides is 2. The first-order valence-electron chi connectivity index (χ1n) is 5.00. The highest BCUT2D eigenvalue weighted by atomic mass is 16.2. The van der Waals surface area contributed by atoms with Gasteiger partial charge in [-0.2, -0.15) is 0 Å². The third kappa shape index (κ3) is 5.41. The first-order valence-corrected chi connectivity index (χ1v) is 5.00.